The van der Waals surface area contributed by atoms with E-state index in [4.69, 9.17) is 5.73 Å². The van der Waals surface area contributed by atoms with Crippen molar-refractivity contribution >= 4 is 5.82 Å². The highest BCUT2D eigenvalue weighted by Crippen LogP contribution is 2.25. The van der Waals surface area contributed by atoms with Crippen molar-refractivity contribution in [3.63, 3.8) is 0 Å². The van der Waals surface area contributed by atoms with Gasteiger partial charge in [0.1, 0.15) is 5.82 Å². The van der Waals surface area contributed by atoms with Crippen molar-refractivity contribution in [2.75, 3.05) is 18.0 Å². The molecule has 1 aromatic rings. The van der Waals surface area contributed by atoms with Gasteiger partial charge in [-0.15, -0.1) is 0 Å². The van der Waals surface area contributed by atoms with Crippen LogP contribution in [0.3, 0.4) is 0 Å². The minimum atomic E-state index is 0.164. The maximum absolute atomic E-state index is 6.08. The van der Waals surface area contributed by atoms with E-state index in [1.165, 1.54) is 5.56 Å². The third-order valence-corrected chi connectivity index (χ3v) is 3.63. The standard InChI is InChI=1S/C15H25N3/c1-11-7-13(16)10-18(9-11)14-6-5-12(8-17-14)15(2,3)4/h5-6,8,11,13H,7,9-10,16H2,1-4H3. The number of nitrogens with zero attached hydrogens (tertiary/aromatic N) is 2. The zero-order valence-corrected chi connectivity index (χ0v) is 12.0. The lowest BCUT2D eigenvalue weighted by Gasteiger charge is -2.35. The third kappa shape index (κ3) is 3.02. The van der Waals surface area contributed by atoms with E-state index in [9.17, 15) is 0 Å². The van der Waals surface area contributed by atoms with Crippen molar-refractivity contribution in [1.29, 1.82) is 0 Å². The first-order valence-corrected chi connectivity index (χ1v) is 6.83. The molecule has 3 nitrogen and oxygen atoms in total. The molecule has 18 heavy (non-hydrogen) atoms. The highest BCUT2D eigenvalue weighted by Gasteiger charge is 2.23. The van der Waals surface area contributed by atoms with E-state index >= 15 is 0 Å². The third-order valence-electron chi connectivity index (χ3n) is 3.63. The van der Waals surface area contributed by atoms with Gasteiger partial charge in [-0.1, -0.05) is 33.8 Å². The van der Waals surface area contributed by atoms with Crippen LogP contribution in [0.5, 0.6) is 0 Å². The van der Waals surface area contributed by atoms with E-state index < -0.39 is 0 Å². The van der Waals surface area contributed by atoms with E-state index in [0.29, 0.717) is 5.92 Å². The summed E-state index contributed by atoms with van der Waals surface area (Å²) in [6.45, 7) is 10.9. The van der Waals surface area contributed by atoms with Gasteiger partial charge in [0.05, 0.1) is 0 Å². The number of nitrogens with two attached hydrogens (primary N) is 1. The largest absolute Gasteiger partial charge is 0.355 e. The first-order chi connectivity index (χ1) is 8.36. The van der Waals surface area contributed by atoms with E-state index in [0.717, 1.165) is 25.3 Å². The lowest BCUT2D eigenvalue weighted by Crippen LogP contribution is -2.46. The first-order valence-electron chi connectivity index (χ1n) is 6.83. The Morgan fingerprint density at radius 2 is 2.00 bits per heavy atom. The average molecular weight is 247 g/mol. The van der Waals surface area contributed by atoms with Crippen molar-refractivity contribution in [3.05, 3.63) is 23.9 Å². The normalized spacial score (nSPS) is 25.3. The van der Waals surface area contributed by atoms with Gasteiger partial charge in [0.25, 0.3) is 0 Å². The summed E-state index contributed by atoms with van der Waals surface area (Å²) in [6, 6.07) is 4.59. The van der Waals surface area contributed by atoms with Gasteiger partial charge in [-0.3, -0.25) is 0 Å². The summed E-state index contributed by atoms with van der Waals surface area (Å²) in [6.07, 6.45) is 3.12. The Balaban J connectivity index is 2.14. The highest BCUT2D eigenvalue weighted by molar-refractivity contribution is 5.41. The van der Waals surface area contributed by atoms with Crippen molar-refractivity contribution in [1.82, 2.24) is 4.98 Å². The van der Waals surface area contributed by atoms with Crippen molar-refractivity contribution in [3.8, 4) is 0 Å². The quantitative estimate of drug-likeness (QED) is 0.829. The van der Waals surface area contributed by atoms with Gasteiger partial charge in [-0.25, -0.2) is 4.98 Å². The molecule has 2 heterocycles. The van der Waals surface area contributed by atoms with Crippen LogP contribution in [0, 0.1) is 5.92 Å². The van der Waals surface area contributed by atoms with E-state index in [1.807, 2.05) is 6.20 Å². The van der Waals surface area contributed by atoms with Gasteiger partial charge in [-0.05, 0) is 29.4 Å². The molecule has 2 N–H and O–H groups in total. The highest BCUT2D eigenvalue weighted by atomic mass is 15.2. The van der Waals surface area contributed by atoms with Gasteiger partial charge in [-0.2, -0.15) is 0 Å². The fraction of sp³-hybridized carbons (Fsp3) is 0.667. The fourth-order valence-corrected chi connectivity index (χ4v) is 2.60. The number of hydrogen-bond donors (Lipinski definition) is 1. The monoisotopic (exact) mass is 247 g/mol. The molecule has 0 amide bonds. The Kier molecular flexibility index (Phi) is 3.62. The molecule has 3 heteroatoms. The summed E-state index contributed by atoms with van der Waals surface area (Å²) < 4.78 is 0. The number of anilines is 1. The van der Waals surface area contributed by atoms with Crippen LogP contribution in [0.1, 0.15) is 39.7 Å². The van der Waals surface area contributed by atoms with Crippen LogP contribution in [-0.2, 0) is 5.41 Å². The van der Waals surface area contributed by atoms with Gasteiger partial charge in [0.15, 0.2) is 0 Å². The van der Waals surface area contributed by atoms with Crippen LogP contribution in [0.15, 0.2) is 18.3 Å². The molecule has 1 saturated heterocycles. The van der Waals surface area contributed by atoms with Crippen molar-refractivity contribution in [2.24, 2.45) is 11.7 Å². The second-order valence-electron chi connectivity index (χ2n) is 6.66. The summed E-state index contributed by atoms with van der Waals surface area (Å²) in [5.41, 5.74) is 7.52. The Morgan fingerprint density at radius 3 is 2.50 bits per heavy atom. The molecule has 0 aliphatic carbocycles. The smallest absolute Gasteiger partial charge is 0.128 e. The van der Waals surface area contributed by atoms with E-state index in [1.54, 1.807) is 0 Å². The molecular formula is C15H25N3. The van der Waals surface area contributed by atoms with Crippen molar-refractivity contribution < 1.29 is 0 Å². The maximum atomic E-state index is 6.08. The maximum Gasteiger partial charge on any atom is 0.128 e. The number of rotatable bonds is 1. The van der Waals surface area contributed by atoms with Crippen LogP contribution < -0.4 is 10.6 Å². The molecule has 0 aromatic carbocycles. The predicted octanol–water partition coefficient (Wildman–Crippen LogP) is 2.55. The molecule has 0 radical (unpaired) electrons. The summed E-state index contributed by atoms with van der Waals surface area (Å²) in [5, 5.41) is 0. The molecule has 1 aliphatic rings. The molecule has 1 aliphatic heterocycles. The summed E-state index contributed by atoms with van der Waals surface area (Å²) in [4.78, 5) is 6.92. The minimum Gasteiger partial charge on any atom is -0.355 e. The van der Waals surface area contributed by atoms with Crippen LogP contribution in [0.4, 0.5) is 5.82 Å². The SMILES string of the molecule is CC1CC(N)CN(c2ccc(C(C)(C)C)cn2)C1. The van der Waals surface area contributed by atoms with Gasteiger partial charge >= 0.3 is 0 Å². The van der Waals surface area contributed by atoms with E-state index in [2.05, 4.69) is 49.7 Å². The number of hydrogen-bond acceptors (Lipinski definition) is 3. The zero-order chi connectivity index (χ0) is 13.3. The molecule has 2 atom stereocenters. The molecular weight excluding hydrogens is 222 g/mol. The molecule has 0 bridgehead atoms. The van der Waals surface area contributed by atoms with Crippen LogP contribution in [-0.4, -0.2) is 24.1 Å². The summed E-state index contributed by atoms with van der Waals surface area (Å²) >= 11 is 0. The molecule has 100 valence electrons. The Hall–Kier alpha value is -1.09. The molecule has 2 rings (SSSR count). The Morgan fingerprint density at radius 1 is 1.28 bits per heavy atom. The van der Waals surface area contributed by atoms with Crippen LogP contribution >= 0.6 is 0 Å². The zero-order valence-electron chi connectivity index (χ0n) is 12.0. The average Bonchev–Trinajstić information content (AvgIpc) is 2.27. The molecule has 0 saturated carbocycles. The predicted molar refractivity (Wildman–Crippen MR) is 76.9 cm³/mol. The van der Waals surface area contributed by atoms with Crippen LogP contribution in [0.25, 0.3) is 0 Å². The van der Waals surface area contributed by atoms with Crippen molar-refractivity contribution in [2.45, 2.75) is 45.6 Å². The Labute approximate surface area is 110 Å². The molecule has 1 fully saturated rings. The number of aromatic nitrogens is 1. The lowest BCUT2D eigenvalue weighted by atomic mass is 9.88. The second kappa shape index (κ2) is 4.88. The number of pyridine rings is 1. The van der Waals surface area contributed by atoms with E-state index in [-0.39, 0.29) is 11.5 Å². The fourth-order valence-electron chi connectivity index (χ4n) is 2.60. The summed E-state index contributed by atoms with van der Waals surface area (Å²) in [7, 11) is 0. The minimum absolute atomic E-state index is 0.164. The van der Waals surface area contributed by atoms with Gasteiger partial charge < -0.3 is 10.6 Å². The second-order valence-corrected chi connectivity index (χ2v) is 6.66. The summed E-state index contributed by atoms with van der Waals surface area (Å²) in [5.74, 6) is 1.71. The Bertz CT molecular complexity index is 381. The first kappa shape index (κ1) is 13.3. The number of piperidine rings is 1. The lowest BCUT2D eigenvalue weighted by molar-refractivity contribution is 0.400. The van der Waals surface area contributed by atoms with Gasteiger partial charge in [0.2, 0.25) is 0 Å². The molecule has 2 unspecified atom stereocenters. The van der Waals surface area contributed by atoms with Gasteiger partial charge in [0, 0.05) is 25.3 Å². The topological polar surface area (TPSA) is 42.1 Å². The molecule has 0 spiro atoms. The molecule has 1 aromatic heterocycles. The van der Waals surface area contributed by atoms with Crippen LogP contribution in [0.2, 0.25) is 0 Å².